The van der Waals surface area contributed by atoms with Crippen molar-refractivity contribution in [3.63, 3.8) is 0 Å². The molecular formula is C21H32N2O3S. The normalized spacial score (nSPS) is 19.8. The van der Waals surface area contributed by atoms with Gasteiger partial charge < -0.3 is 4.90 Å². The van der Waals surface area contributed by atoms with Gasteiger partial charge in [-0.2, -0.15) is 4.31 Å². The first-order valence-corrected chi connectivity index (χ1v) is 11.7. The minimum absolute atomic E-state index is 0.0752. The van der Waals surface area contributed by atoms with Crippen molar-refractivity contribution in [2.75, 3.05) is 26.7 Å². The first-order chi connectivity index (χ1) is 12.9. The Labute approximate surface area is 163 Å². The molecule has 0 unspecified atom stereocenters. The van der Waals surface area contributed by atoms with Crippen LogP contribution in [0.15, 0.2) is 23.1 Å². The van der Waals surface area contributed by atoms with Crippen LogP contribution in [0.25, 0.3) is 0 Å². The number of piperidine rings is 1. The summed E-state index contributed by atoms with van der Waals surface area (Å²) in [6.45, 7) is 3.77. The smallest absolute Gasteiger partial charge is 0.253 e. The van der Waals surface area contributed by atoms with Gasteiger partial charge in [0, 0.05) is 32.2 Å². The Kier molecular flexibility index (Phi) is 6.58. The molecule has 1 aromatic carbocycles. The van der Waals surface area contributed by atoms with Gasteiger partial charge in [0.15, 0.2) is 0 Å². The Morgan fingerprint density at radius 1 is 1.07 bits per heavy atom. The number of rotatable bonds is 5. The van der Waals surface area contributed by atoms with E-state index in [2.05, 4.69) is 0 Å². The van der Waals surface area contributed by atoms with Crippen molar-refractivity contribution < 1.29 is 13.2 Å². The molecule has 0 N–H and O–H groups in total. The molecule has 2 fully saturated rings. The summed E-state index contributed by atoms with van der Waals surface area (Å²) >= 11 is 0. The van der Waals surface area contributed by atoms with E-state index < -0.39 is 10.0 Å². The number of nitrogens with zero attached hydrogens (tertiary/aromatic N) is 2. The van der Waals surface area contributed by atoms with Crippen molar-refractivity contribution in [2.24, 2.45) is 5.92 Å². The van der Waals surface area contributed by atoms with Gasteiger partial charge in [0.05, 0.1) is 4.90 Å². The van der Waals surface area contributed by atoms with Crippen LogP contribution in [-0.4, -0.2) is 50.2 Å². The van der Waals surface area contributed by atoms with Gasteiger partial charge in [0.25, 0.3) is 5.91 Å². The maximum atomic E-state index is 13.0. The van der Waals surface area contributed by atoms with Crippen LogP contribution in [0.5, 0.6) is 0 Å². The number of hydrogen-bond donors (Lipinski definition) is 0. The van der Waals surface area contributed by atoms with Crippen LogP contribution in [0.1, 0.15) is 67.3 Å². The number of hydrogen-bond acceptors (Lipinski definition) is 3. The highest BCUT2D eigenvalue weighted by Gasteiger charge is 2.28. The maximum absolute atomic E-state index is 13.0. The van der Waals surface area contributed by atoms with E-state index in [1.165, 1.54) is 32.1 Å². The molecule has 6 heteroatoms. The largest absolute Gasteiger partial charge is 0.341 e. The monoisotopic (exact) mass is 392 g/mol. The maximum Gasteiger partial charge on any atom is 0.253 e. The highest BCUT2D eigenvalue weighted by molar-refractivity contribution is 7.89. The molecule has 0 radical (unpaired) electrons. The van der Waals surface area contributed by atoms with E-state index in [1.807, 2.05) is 14.0 Å². The number of carbonyl (C=O) groups excluding carboxylic acids is 1. The molecule has 150 valence electrons. The molecule has 3 rings (SSSR count). The van der Waals surface area contributed by atoms with Crippen LogP contribution in [-0.2, 0) is 10.0 Å². The summed E-state index contributed by atoms with van der Waals surface area (Å²) in [4.78, 5) is 15.0. The molecule has 1 saturated carbocycles. The second kappa shape index (κ2) is 8.74. The van der Waals surface area contributed by atoms with Crippen molar-refractivity contribution in [3.05, 3.63) is 29.3 Å². The third-order valence-corrected chi connectivity index (χ3v) is 7.89. The zero-order valence-corrected chi connectivity index (χ0v) is 17.4. The van der Waals surface area contributed by atoms with Crippen LogP contribution in [0.3, 0.4) is 0 Å². The minimum atomic E-state index is -3.53. The molecule has 1 amide bonds. The lowest BCUT2D eigenvalue weighted by molar-refractivity contribution is 0.0759. The molecule has 27 heavy (non-hydrogen) atoms. The Balaban J connectivity index is 1.78. The fourth-order valence-corrected chi connectivity index (χ4v) is 5.84. The Bertz CT molecular complexity index is 764. The predicted octanol–water partition coefficient (Wildman–Crippen LogP) is 3.82. The van der Waals surface area contributed by atoms with Crippen molar-refractivity contribution in [1.29, 1.82) is 0 Å². The highest BCUT2D eigenvalue weighted by Crippen LogP contribution is 2.26. The van der Waals surface area contributed by atoms with Gasteiger partial charge in [0.2, 0.25) is 10.0 Å². The van der Waals surface area contributed by atoms with Crippen molar-refractivity contribution in [3.8, 4) is 0 Å². The Morgan fingerprint density at radius 3 is 2.37 bits per heavy atom. The first kappa shape index (κ1) is 20.3. The van der Waals surface area contributed by atoms with E-state index in [-0.39, 0.29) is 10.8 Å². The van der Waals surface area contributed by atoms with E-state index in [9.17, 15) is 13.2 Å². The molecule has 0 atom stereocenters. The molecule has 1 heterocycles. The van der Waals surface area contributed by atoms with Gasteiger partial charge in [-0.25, -0.2) is 8.42 Å². The SMILES string of the molecule is Cc1ccc(S(=O)(=O)N2CCCCC2)cc1C(=O)N(C)CC1CCCCC1. The van der Waals surface area contributed by atoms with Crippen LogP contribution in [0, 0.1) is 12.8 Å². The van der Waals surface area contributed by atoms with Crippen LogP contribution in [0.2, 0.25) is 0 Å². The number of amides is 1. The van der Waals surface area contributed by atoms with Gasteiger partial charge in [-0.05, 0) is 56.2 Å². The highest BCUT2D eigenvalue weighted by atomic mass is 32.2. The summed E-state index contributed by atoms with van der Waals surface area (Å²) in [6.07, 6.45) is 9.03. The van der Waals surface area contributed by atoms with Gasteiger partial charge in [-0.1, -0.05) is 31.7 Å². The van der Waals surface area contributed by atoms with Crippen molar-refractivity contribution in [1.82, 2.24) is 9.21 Å². The molecule has 0 spiro atoms. The third-order valence-electron chi connectivity index (χ3n) is 6.00. The molecular weight excluding hydrogens is 360 g/mol. The lowest BCUT2D eigenvalue weighted by Crippen LogP contribution is -2.36. The van der Waals surface area contributed by atoms with Gasteiger partial charge in [-0.15, -0.1) is 0 Å². The van der Waals surface area contributed by atoms with Gasteiger partial charge >= 0.3 is 0 Å². The lowest BCUT2D eigenvalue weighted by Gasteiger charge is -2.28. The average molecular weight is 393 g/mol. The number of benzene rings is 1. The summed E-state index contributed by atoms with van der Waals surface area (Å²) in [5.74, 6) is 0.488. The molecule has 2 aliphatic rings. The minimum Gasteiger partial charge on any atom is -0.341 e. The van der Waals surface area contributed by atoms with E-state index in [0.717, 1.165) is 31.4 Å². The van der Waals surface area contributed by atoms with Crippen LogP contribution in [0.4, 0.5) is 0 Å². The van der Waals surface area contributed by atoms with Crippen molar-refractivity contribution in [2.45, 2.75) is 63.2 Å². The summed E-state index contributed by atoms with van der Waals surface area (Å²) < 4.78 is 27.5. The van der Waals surface area contributed by atoms with E-state index >= 15 is 0 Å². The second-order valence-electron chi connectivity index (χ2n) is 8.13. The molecule has 1 aliphatic heterocycles. The summed E-state index contributed by atoms with van der Waals surface area (Å²) in [6, 6.07) is 4.98. The fourth-order valence-electron chi connectivity index (χ4n) is 4.29. The van der Waals surface area contributed by atoms with Crippen LogP contribution >= 0.6 is 0 Å². The predicted molar refractivity (Wildman–Crippen MR) is 107 cm³/mol. The van der Waals surface area contributed by atoms with Crippen molar-refractivity contribution >= 4 is 15.9 Å². The molecule has 1 aromatic rings. The second-order valence-corrected chi connectivity index (χ2v) is 10.1. The topological polar surface area (TPSA) is 57.7 Å². The number of sulfonamides is 1. The molecule has 1 saturated heterocycles. The van der Waals surface area contributed by atoms with Crippen LogP contribution < -0.4 is 0 Å². The first-order valence-electron chi connectivity index (χ1n) is 10.3. The summed E-state index contributed by atoms with van der Waals surface area (Å²) in [7, 11) is -1.69. The standard InChI is InChI=1S/C21H32N2O3S/c1-17-11-12-19(27(25,26)23-13-7-4-8-14-23)15-20(17)21(24)22(2)16-18-9-5-3-6-10-18/h11-12,15,18H,3-10,13-14,16H2,1-2H3. The zero-order valence-electron chi connectivity index (χ0n) is 16.6. The summed E-state index contributed by atoms with van der Waals surface area (Å²) in [5, 5.41) is 0. The van der Waals surface area contributed by atoms with E-state index in [4.69, 9.17) is 0 Å². The number of carbonyl (C=O) groups is 1. The summed E-state index contributed by atoms with van der Waals surface area (Å²) in [5.41, 5.74) is 1.33. The zero-order chi connectivity index (χ0) is 19.4. The van der Waals surface area contributed by atoms with Gasteiger partial charge in [0.1, 0.15) is 0 Å². The Morgan fingerprint density at radius 2 is 1.70 bits per heavy atom. The van der Waals surface area contributed by atoms with Gasteiger partial charge in [-0.3, -0.25) is 4.79 Å². The molecule has 0 aromatic heterocycles. The van der Waals surface area contributed by atoms with E-state index in [0.29, 0.717) is 24.6 Å². The fraction of sp³-hybridized carbons (Fsp3) is 0.667. The quantitative estimate of drug-likeness (QED) is 0.765. The molecule has 1 aliphatic carbocycles. The number of aryl methyl sites for hydroxylation is 1. The van der Waals surface area contributed by atoms with E-state index in [1.54, 1.807) is 27.4 Å². The Hall–Kier alpha value is -1.40. The molecule has 5 nitrogen and oxygen atoms in total. The molecule has 0 bridgehead atoms. The third kappa shape index (κ3) is 4.72. The lowest BCUT2D eigenvalue weighted by atomic mass is 9.89. The average Bonchev–Trinajstić information content (AvgIpc) is 2.69.